The van der Waals surface area contributed by atoms with Gasteiger partial charge in [-0.15, -0.1) is 0 Å². The summed E-state index contributed by atoms with van der Waals surface area (Å²) in [7, 11) is 0. The van der Waals surface area contributed by atoms with E-state index in [2.05, 4.69) is 6.58 Å². The molecule has 76 valence electrons. The predicted octanol–water partition coefficient (Wildman–Crippen LogP) is -1.62. The number of hydrogen-bond donors (Lipinski definition) is 4. The van der Waals surface area contributed by atoms with Crippen LogP contribution in [0.3, 0.4) is 0 Å². The lowest BCUT2D eigenvalue weighted by molar-refractivity contribution is -0.115. The minimum absolute atomic E-state index is 0.00810. The molecule has 0 heterocycles. The quantitative estimate of drug-likeness (QED) is 0.377. The van der Waals surface area contributed by atoms with Gasteiger partial charge < -0.3 is 21.1 Å². The van der Waals surface area contributed by atoms with Crippen molar-refractivity contribution in [1.82, 2.24) is 0 Å². The average molecular weight is 189 g/mol. The van der Waals surface area contributed by atoms with E-state index in [9.17, 15) is 4.79 Å². The van der Waals surface area contributed by atoms with Crippen LogP contribution in [0.4, 0.5) is 0 Å². The molecule has 0 aromatic rings. The molecule has 0 rings (SSSR count). The van der Waals surface area contributed by atoms with Crippen LogP contribution >= 0.6 is 0 Å². The van der Waals surface area contributed by atoms with E-state index < -0.39 is 31.1 Å². The third-order valence-corrected chi connectivity index (χ3v) is 1.94. The van der Waals surface area contributed by atoms with E-state index in [1.807, 2.05) is 0 Å². The summed E-state index contributed by atoms with van der Waals surface area (Å²) in [5.41, 5.74) is 3.90. The third kappa shape index (κ3) is 3.14. The highest BCUT2D eigenvalue weighted by Gasteiger charge is 2.29. The lowest BCUT2D eigenvalue weighted by Gasteiger charge is -2.27. The minimum atomic E-state index is -1.11. The highest BCUT2D eigenvalue weighted by Crippen LogP contribution is 2.23. The van der Waals surface area contributed by atoms with Gasteiger partial charge in [0, 0.05) is 11.0 Å². The van der Waals surface area contributed by atoms with Crippen molar-refractivity contribution in [3.05, 3.63) is 12.2 Å². The van der Waals surface area contributed by atoms with Crippen molar-refractivity contribution in [2.75, 3.05) is 19.8 Å². The van der Waals surface area contributed by atoms with Crippen LogP contribution in [0.5, 0.6) is 0 Å². The van der Waals surface area contributed by atoms with Gasteiger partial charge in [-0.3, -0.25) is 4.79 Å². The first-order valence-electron chi connectivity index (χ1n) is 3.81. The molecule has 5 heteroatoms. The second-order valence-corrected chi connectivity index (χ2v) is 3.12. The first kappa shape index (κ1) is 12.1. The van der Waals surface area contributed by atoms with E-state index in [1.165, 1.54) is 0 Å². The van der Waals surface area contributed by atoms with Crippen LogP contribution in [0.1, 0.15) is 6.42 Å². The number of amides is 1. The second-order valence-electron chi connectivity index (χ2n) is 3.12. The number of aliphatic hydroxyl groups is 3. The molecule has 0 fully saturated rings. The lowest BCUT2D eigenvalue weighted by atomic mass is 9.84. The summed E-state index contributed by atoms with van der Waals surface area (Å²) >= 11 is 0. The standard InChI is InChI=1S/C8H15NO4/c1-6(7(9)13)2-8(3-10,4-11)5-12/h10-12H,1-5H2,(H2,9,13). The van der Waals surface area contributed by atoms with E-state index in [1.54, 1.807) is 0 Å². The van der Waals surface area contributed by atoms with Crippen molar-refractivity contribution in [1.29, 1.82) is 0 Å². The van der Waals surface area contributed by atoms with E-state index in [4.69, 9.17) is 21.1 Å². The van der Waals surface area contributed by atoms with Gasteiger partial charge in [0.25, 0.3) is 0 Å². The van der Waals surface area contributed by atoms with Gasteiger partial charge in [0.15, 0.2) is 0 Å². The smallest absolute Gasteiger partial charge is 0.244 e. The van der Waals surface area contributed by atoms with Gasteiger partial charge in [0.2, 0.25) is 5.91 Å². The van der Waals surface area contributed by atoms with Crippen LogP contribution in [-0.4, -0.2) is 41.0 Å². The Balaban J connectivity index is 4.42. The zero-order valence-corrected chi connectivity index (χ0v) is 7.36. The molecule has 5 nitrogen and oxygen atoms in total. The predicted molar refractivity (Wildman–Crippen MR) is 46.6 cm³/mol. The molecule has 0 aliphatic heterocycles. The summed E-state index contributed by atoms with van der Waals surface area (Å²) < 4.78 is 0. The van der Waals surface area contributed by atoms with Crippen molar-refractivity contribution in [3.63, 3.8) is 0 Å². The van der Waals surface area contributed by atoms with Crippen LogP contribution in [0.25, 0.3) is 0 Å². The summed E-state index contributed by atoms with van der Waals surface area (Å²) in [6.07, 6.45) is -0.00810. The molecule has 0 spiro atoms. The summed E-state index contributed by atoms with van der Waals surface area (Å²) in [4.78, 5) is 10.6. The SMILES string of the molecule is C=C(CC(CO)(CO)CO)C(N)=O. The lowest BCUT2D eigenvalue weighted by Crippen LogP contribution is -2.36. The molecule has 0 aliphatic carbocycles. The van der Waals surface area contributed by atoms with Gasteiger partial charge in [-0.2, -0.15) is 0 Å². The molecule has 0 unspecified atom stereocenters. The Morgan fingerprint density at radius 1 is 1.23 bits per heavy atom. The number of carbonyl (C=O) groups is 1. The first-order chi connectivity index (χ1) is 6.01. The molecule has 0 aromatic heterocycles. The minimum Gasteiger partial charge on any atom is -0.396 e. The molecule has 1 amide bonds. The third-order valence-electron chi connectivity index (χ3n) is 1.94. The zero-order valence-electron chi connectivity index (χ0n) is 7.36. The fraction of sp³-hybridized carbons (Fsp3) is 0.625. The fourth-order valence-corrected chi connectivity index (χ4v) is 0.857. The molecule has 0 saturated heterocycles. The number of nitrogens with two attached hydrogens (primary N) is 1. The highest BCUT2D eigenvalue weighted by atomic mass is 16.3. The van der Waals surface area contributed by atoms with Crippen molar-refractivity contribution in [2.45, 2.75) is 6.42 Å². The summed E-state index contributed by atoms with van der Waals surface area (Å²) in [5.74, 6) is -0.695. The topological polar surface area (TPSA) is 104 Å². The van der Waals surface area contributed by atoms with Gasteiger partial charge in [-0.05, 0) is 6.42 Å². The maximum Gasteiger partial charge on any atom is 0.244 e. The number of hydrogen-bond acceptors (Lipinski definition) is 4. The van der Waals surface area contributed by atoms with Crippen molar-refractivity contribution < 1.29 is 20.1 Å². The van der Waals surface area contributed by atoms with E-state index in [-0.39, 0.29) is 12.0 Å². The Morgan fingerprint density at radius 3 is 1.85 bits per heavy atom. The number of primary amides is 1. The molecular weight excluding hydrogens is 174 g/mol. The molecule has 13 heavy (non-hydrogen) atoms. The molecule has 0 aliphatic rings. The molecular formula is C8H15NO4. The van der Waals surface area contributed by atoms with E-state index >= 15 is 0 Å². The first-order valence-corrected chi connectivity index (χ1v) is 3.81. The van der Waals surface area contributed by atoms with Crippen LogP contribution in [0.15, 0.2) is 12.2 Å². The maximum absolute atomic E-state index is 10.6. The molecule has 0 aromatic carbocycles. The van der Waals surface area contributed by atoms with Crippen molar-refractivity contribution >= 4 is 5.91 Å². The number of carbonyl (C=O) groups excluding carboxylic acids is 1. The fourth-order valence-electron chi connectivity index (χ4n) is 0.857. The molecule has 0 atom stereocenters. The molecule has 0 saturated carbocycles. The van der Waals surface area contributed by atoms with E-state index in [0.717, 1.165) is 0 Å². The number of rotatable bonds is 6. The average Bonchev–Trinajstić information content (AvgIpc) is 2.14. The van der Waals surface area contributed by atoms with E-state index in [0.29, 0.717) is 0 Å². The molecule has 0 radical (unpaired) electrons. The summed E-state index contributed by atoms with van der Waals surface area (Å²) in [6, 6.07) is 0. The van der Waals surface area contributed by atoms with Gasteiger partial charge >= 0.3 is 0 Å². The van der Waals surface area contributed by atoms with Crippen molar-refractivity contribution in [2.24, 2.45) is 11.1 Å². The van der Waals surface area contributed by atoms with Crippen molar-refractivity contribution in [3.8, 4) is 0 Å². The van der Waals surface area contributed by atoms with Gasteiger partial charge in [0.05, 0.1) is 19.8 Å². The second kappa shape index (κ2) is 4.96. The Bertz CT molecular complexity index is 190. The molecule has 0 bridgehead atoms. The van der Waals surface area contributed by atoms with Gasteiger partial charge in [0.1, 0.15) is 0 Å². The maximum atomic E-state index is 10.6. The normalized spacial score (nSPS) is 11.3. The van der Waals surface area contributed by atoms with Crippen LogP contribution in [0.2, 0.25) is 0 Å². The van der Waals surface area contributed by atoms with Crippen LogP contribution in [-0.2, 0) is 4.79 Å². The van der Waals surface area contributed by atoms with Crippen LogP contribution in [0, 0.1) is 5.41 Å². The van der Waals surface area contributed by atoms with Gasteiger partial charge in [-0.25, -0.2) is 0 Å². The Morgan fingerprint density at radius 2 is 1.62 bits per heavy atom. The molecule has 5 N–H and O–H groups in total. The van der Waals surface area contributed by atoms with Crippen LogP contribution < -0.4 is 5.73 Å². The zero-order chi connectivity index (χ0) is 10.5. The highest BCUT2D eigenvalue weighted by molar-refractivity contribution is 5.91. The Kier molecular flexibility index (Phi) is 4.61. The van der Waals surface area contributed by atoms with Gasteiger partial charge in [-0.1, -0.05) is 6.58 Å². The largest absolute Gasteiger partial charge is 0.396 e. The Labute approximate surface area is 76.5 Å². The summed E-state index contributed by atoms with van der Waals surface area (Å²) in [5, 5.41) is 26.7. The summed E-state index contributed by atoms with van der Waals surface area (Å²) in [6.45, 7) is 2.10. The Hall–Kier alpha value is -0.910. The number of aliphatic hydroxyl groups excluding tert-OH is 3. The monoisotopic (exact) mass is 189 g/mol.